The van der Waals surface area contributed by atoms with Crippen LogP contribution in [0.2, 0.25) is 0 Å². The number of rotatable bonds is 6. The largest absolute Gasteiger partial charge is 0.390 e. The van der Waals surface area contributed by atoms with E-state index in [0.29, 0.717) is 12.2 Å². The minimum absolute atomic E-state index is 0.125. The van der Waals surface area contributed by atoms with Crippen LogP contribution in [0, 0.1) is 21.4 Å². The molecule has 1 aliphatic rings. The maximum Gasteiger partial charge on any atom is 0.270 e. The van der Waals surface area contributed by atoms with Crippen LogP contribution in [0.1, 0.15) is 16.7 Å². The van der Waals surface area contributed by atoms with Gasteiger partial charge in [-0.1, -0.05) is 24.3 Å². The van der Waals surface area contributed by atoms with Crippen molar-refractivity contribution in [1.82, 2.24) is 4.90 Å². The standard InChI is InChI=1S/C19H20N4O3/c20-10-16-9-17(23(25)26)5-6-19(16)21-11-18(24)13-22-8-7-14-3-1-2-4-15(14)12-22/h1-6,9,18,21,24H,7-8,11-13H2. The van der Waals surface area contributed by atoms with Crippen LogP contribution in [0.25, 0.3) is 0 Å². The highest BCUT2D eigenvalue weighted by Crippen LogP contribution is 2.22. The number of aliphatic hydroxyl groups excluding tert-OH is 1. The van der Waals surface area contributed by atoms with Gasteiger partial charge < -0.3 is 10.4 Å². The highest BCUT2D eigenvalue weighted by Gasteiger charge is 2.18. The highest BCUT2D eigenvalue weighted by atomic mass is 16.6. The Morgan fingerprint density at radius 3 is 2.81 bits per heavy atom. The molecule has 0 spiro atoms. The number of fused-ring (bicyclic) bond motifs is 1. The van der Waals surface area contributed by atoms with Crippen LogP contribution in [0.15, 0.2) is 42.5 Å². The van der Waals surface area contributed by atoms with Crippen molar-refractivity contribution in [2.45, 2.75) is 19.1 Å². The second kappa shape index (κ2) is 7.95. The summed E-state index contributed by atoms with van der Waals surface area (Å²) in [5.74, 6) is 0. The molecule has 1 heterocycles. The number of nitrogens with one attached hydrogen (secondary N) is 1. The zero-order valence-corrected chi connectivity index (χ0v) is 14.3. The average Bonchev–Trinajstić information content (AvgIpc) is 2.66. The molecule has 0 saturated carbocycles. The third-order valence-electron chi connectivity index (χ3n) is 4.54. The van der Waals surface area contributed by atoms with E-state index in [1.807, 2.05) is 18.2 Å². The van der Waals surface area contributed by atoms with Crippen molar-refractivity contribution in [1.29, 1.82) is 5.26 Å². The number of nitro groups is 1. The van der Waals surface area contributed by atoms with Gasteiger partial charge in [-0.05, 0) is 23.6 Å². The molecule has 0 bridgehead atoms. The summed E-state index contributed by atoms with van der Waals surface area (Å²) >= 11 is 0. The number of hydrogen-bond donors (Lipinski definition) is 2. The number of nitriles is 1. The van der Waals surface area contributed by atoms with Gasteiger partial charge in [-0.15, -0.1) is 0 Å². The number of nitrogens with zero attached hydrogens (tertiary/aromatic N) is 3. The van der Waals surface area contributed by atoms with Gasteiger partial charge in [0.2, 0.25) is 0 Å². The summed E-state index contributed by atoms with van der Waals surface area (Å²) in [7, 11) is 0. The van der Waals surface area contributed by atoms with Crippen molar-refractivity contribution in [2.24, 2.45) is 0 Å². The highest BCUT2D eigenvalue weighted by molar-refractivity contribution is 5.61. The van der Waals surface area contributed by atoms with Crippen molar-refractivity contribution < 1.29 is 10.0 Å². The van der Waals surface area contributed by atoms with E-state index < -0.39 is 11.0 Å². The normalized spacial score (nSPS) is 14.9. The topological polar surface area (TPSA) is 102 Å². The van der Waals surface area contributed by atoms with E-state index in [4.69, 9.17) is 5.26 Å². The molecule has 7 heteroatoms. The van der Waals surface area contributed by atoms with Gasteiger partial charge in [0, 0.05) is 38.3 Å². The van der Waals surface area contributed by atoms with Crippen LogP contribution in [0.3, 0.4) is 0 Å². The quantitative estimate of drug-likeness (QED) is 0.611. The van der Waals surface area contributed by atoms with E-state index in [9.17, 15) is 15.2 Å². The van der Waals surface area contributed by atoms with Crippen molar-refractivity contribution >= 4 is 11.4 Å². The summed E-state index contributed by atoms with van der Waals surface area (Å²) in [4.78, 5) is 12.5. The minimum Gasteiger partial charge on any atom is -0.390 e. The van der Waals surface area contributed by atoms with Crippen LogP contribution in [-0.4, -0.2) is 40.7 Å². The predicted molar refractivity (Wildman–Crippen MR) is 97.7 cm³/mol. The smallest absolute Gasteiger partial charge is 0.270 e. The summed E-state index contributed by atoms with van der Waals surface area (Å²) in [6.45, 7) is 2.50. The van der Waals surface area contributed by atoms with E-state index in [1.54, 1.807) is 0 Å². The van der Waals surface area contributed by atoms with E-state index in [0.717, 1.165) is 19.5 Å². The first-order chi connectivity index (χ1) is 12.6. The average molecular weight is 352 g/mol. The van der Waals surface area contributed by atoms with Crippen molar-refractivity contribution in [3.63, 3.8) is 0 Å². The Kier molecular flexibility index (Phi) is 5.46. The lowest BCUT2D eigenvalue weighted by molar-refractivity contribution is -0.384. The molecule has 7 nitrogen and oxygen atoms in total. The lowest BCUT2D eigenvalue weighted by atomic mass is 10.00. The molecule has 2 aromatic carbocycles. The summed E-state index contributed by atoms with van der Waals surface area (Å²) in [6.07, 6.45) is 0.360. The van der Waals surface area contributed by atoms with Gasteiger partial charge in [0.05, 0.1) is 22.3 Å². The van der Waals surface area contributed by atoms with Crippen molar-refractivity contribution in [3.8, 4) is 6.07 Å². The summed E-state index contributed by atoms with van der Waals surface area (Å²) in [5.41, 5.74) is 3.21. The molecule has 0 saturated heterocycles. The van der Waals surface area contributed by atoms with E-state index >= 15 is 0 Å². The number of hydrogen-bond acceptors (Lipinski definition) is 6. The third kappa shape index (κ3) is 4.17. The molecule has 0 fully saturated rings. The van der Waals surface area contributed by atoms with Crippen LogP contribution in [0.4, 0.5) is 11.4 Å². The Morgan fingerprint density at radius 1 is 1.31 bits per heavy atom. The molecule has 3 rings (SSSR count). The van der Waals surface area contributed by atoms with Gasteiger partial charge in [-0.25, -0.2) is 0 Å². The van der Waals surface area contributed by atoms with Gasteiger partial charge in [-0.2, -0.15) is 5.26 Å². The van der Waals surface area contributed by atoms with E-state index in [-0.39, 0.29) is 17.8 Å². The molecule has 0 amide bonds. The SMILES string of the molecule is N#Cc1cc([N+](=O)[O-])ccc1NCC(O)CN1CCc2ccccc2C1. The summed E-state index contributed by atoms with van der Waals surface area (Å²) in [6, 6.07) is 14.4. The predicted octanol–water partition coefficient (Wildman–Crippen LogP) is 2.30. The zero-order chi connectivity index (χ0) is 18.5. The number of nitro benzene ring substituents is 1. The molecular weight excluding hydrogens is 332 g/mol. The molecule has 134 valence electrons. The second-order valence-electron chi connectivity index (χ2n) is 6.39. The number of aliphatic hydroxyl groups is 1. The molecule has 2 N–H and O–H groups in total. The fourth-order valence-corrected chi connectivity index (χ4v) is 3.19. The number of anilines is 1. The Balaban J connectivity index is 1.56. The molecular formula is C19H20N4O3. The Labute approximate surface area is 151 Å². The summed E-state index contributed by atoms with van der Waals surface area (Å²) < 4.78 is 0. The Hall–Kier alpha value is -2.95. The number of β-amino-alcohol motifs (C(OH)–C–C–N with tert-alkyl or cyclic N) is 1. The minimum atomic E-state index is -0.609. The van der Waals surface area contributed by atoms with Gasteiger partial charge >= 0.3 is 0 Å². The lowest BCUT2D eigenvalue weighted by Crippen LogP contribution is -2.39. The van der Waals surface area contributed by atoms with Crippen LogP contribution in [-0.2, 0) is 13.0 Å². The molecule has 0 aliphatic carbocycles. The fraction of sp³-hybridized carbons (Fsp3) is 0.316. The Bertz CT molecular complexity index is 847. The third-order valence-corrected chi connectivity index (χ3v) is 4.54. The van der Waals surface area contributed by atoms with E-state index in [2.05, 4.69) is 22.3 Å². The second-order valence-corrected chi connectivity index (χ2v) is 6.39. The van der Waals surface area contributed by atoms with Crippen LogP contribution in [0.5, 0.6) is 0 Å². The zero-order valence-electron chi connectivity index (χ0n) is 14.3. The number of non-ortho nitro benzene ring substituents is 1. The first-order valence-electron chi connectivity index (χ1n) is 8.46. The fourth-order valence-electron chi connectivity index (χ4n) is 3.19. The molecule has 1 atom stereocenters. The van der Waals surface area contributed by atoms with Gasteiger partial charge in [0.15, 0.2) is 0 Å². The number of benzene rings is 2. The van der Waals surface area contributed by atoms with Crippen LogP contribution >= 0.6 is 0 Å². The van der Waals surface area contributed by atoms with Crippen molar-refractivity contribution in [3.05, 3.63) is 69.3 Å². The maximum atomic E-state index is 10.8. The van der Waals surface area contributed by atoms with Crippen LogP contribution < -0.4 is 5.32 Å². The molecule has 0 aromatic heterocycles. The summed E-state index contributed by atoms with van der Waals surface area (Å²) in [5, 5.41) is 33.3. The first-order valence-corrected chi connectivity index (χ1v) is 8.46. The first kappa shape index (κ1) is 17.9. The Morgan fingerprint density at radius 2 is 2.08 bits per heavy atom. The van der Waals surface area contributed by atoms with Gasteiger partial charge in [0.25, 0.3) is 5.69 Å². The molecule has 2 aromatic rings. The molecule has 0 radical (unpaired) electrons. The van der Waals surface area contributed by atoms with E-state index in [1.165, 1.54) is 29.3 Å². The maximum absolute atomic E-state index is 10.8. The molecule has 1 aliphatic heterocycles. The van der Waals surface area contributed by atoms with Gasteiger partial charge in [0.1, 0.15) is 6.07 Å². The monoisotopic (exact) mass is 352 g/mol. The molecule has 1 unspecified atom stereocenters. The van der Waals surface area contributed by atoms with Crippen molar-refractivity contribution in [2.75, 3.05) is 25.0 Å². The van der Waals surface area contributed by atoms with Gasteiger partial charge in [-0.3, -0.25) is 15.0 Å². The lowest BCUT2D eigenvalue weighted by Gasteiger charge is -2.30. The molecule has 26 heavy (non-hydrogen) atoms.